The molecule has 6 nitrogen and oxygen atoms in total. The second-order valence-corrected chi connectivity index (χ2v) is 8.72. The molecule has 1 unspecified atom stereocenters. The fraction of sp³-hybridized carbons (Fsp3) is 0.192. The Balaban J connectivity index is 1.58. The fourth-order valence-electron chi connectivity index (χ4n) is 4.80. The first kappa shape index (κ1) is 20.0. The number of rotatable bonds is 3. The molecule has 1 atom stereocenters. The molecule has 1 spiro atoms. The highest BCUT2D eigenvalue weighted by atomic mass is 16.6. The number of ketones is 1. The SMILES string of the molecule is CN1c2ccc(C(=O)c3ccccc3)cc2C(C)(C)C12C=Cc1ccc([N+](=O)[O-])cc1O2. The first-order chi connectivity index (χ1) is 15.2. The highest BCUT2D eigenvalue weighted by molar-refractivity contribution is 6.09. The van der Waals surface area contributed by atoms with Crippen LogP contribution in [0.2, 0.25) is 0 Å². The molecule has 0 aromatic heterocycles. The Morgan fingerprint density at radius 3 is 2.47 bits per heavy atom. The molecule has 2 aliphatic rings. The van der Waals surface area contributed by atoms with E-state index in [-0.39, 0.29) is 11.5 Å². The quantitative estimate of drug-likeness (QED) is 0.320. The van der Waals surface area contributed by atoms with E-state index in [1.807, 2.05) is 72.6 Å². The van der Waals surface area contributed by atoms with Crippen LogP contribution in [0.5, 0.6) is 5.75 Å². The van der Waals surface area contributed by atoms with Gasteiger partial charge >= 0.3 is 0 Å². The maximum absolute atomic E-state index is 13.0. The Hall–Kier alpha value is -3.93. The Bertz CT molecular complexity index is 1300. The van der Waals surface area contributed by atoms with Gasteiger partial charge in [0.05, 0.1) is 16.4 Å². The van der Waals surface area contributed by atoms with Gasteiger partial charge in [0, 0.05) is 35.5 Å². The topological polar surface area (TPSA) is 72.7 Å². The number of nitro benzene ring substituents is 1. The van der Waals surface area contributed by atoms with E-state index in [4.69, 9.17) is 4.74 Å². The summed E-state index contributed by atoms with van der Waals surface area (Å²) in [5.74, 6) is 0.434. The molecule has 0 bridgehead atoms. The molecular formula is C26H22N2O4. The van der Waals surface area contributed by atoms with Gasteiger partial charge in [0.2, 0.25) is 5.72 Å². The second kappa shape index (κ2) is 6.79. The normalized spacial score (nSPS) is 19.9. The molecule has 0 aliphatic carbocycles. The van der Waals surface area contributed by atoms with Crippen molar-refractivity contribution in [1.82, 2.24) is 0 Å². The number of anilines is 1. The van der Waals surface area contributed by atoms with Crippen molar-refractivity contribution in [3.8, 4) is 5.75 Å². The highest BCUT2D eigenvalue weighted by Gasteiger charge is 2.57. The number of nitro groups is 1. The summed E-state index contributed by atoms with van der Waals surface area (Å²) in [7, 11) is 1.94. The summed E-state index contributed by atoms with van der Waals surface area (Å²) >= 11 is 0. The molecule has 160 valence electrons. The molecule has 6 heteroatoms. The van der Waals surface area contributed by atoms with Gasteiger partial charge in [-0.15, -0.1) is 0 Å². The van der Waals surface area contributed by atoms with E-state index in [0.717, 1.165) is 16.8 Å². The minimum absolute atomic E-state index is 0.0130. The maximum atomic E-state index is 13.0. The Labute approximate surface area is 185 Å². The van der Waals surface area contributed by atoms with Gasteiger partial charge in [-0.05, 0) is 55.8 Å². The highest BCUT2D eigenvalue weighted by Crippen LogP contribution is 2.54. The van der Waals surface area contributed by atoms with E-state index in [9.17, 15) is 14.9 Å². The lowest BCUT2D eigenvalue weighted by atomic mass is 9.76. The van der Waals surface area contributed by atoms with Crippen molar-refractivity contribution in [2.75, 3.05) is 11.9 Å². The van der Waals surface area contributed by atoms with Crippen molar-refractivity contribution >= 4 is 23.2 Å². The number of ether oxygens (including phenoxy) is 1. The Morgan fingerprint density at radius 2 is 1.75 bits per heavy atom. The van der Waals surface area contributed by atoms with Crippen molar-refractivity contribution < 1.29 is 14.5 Å². The van der Waals surface area contributed by atoms with E-state index >= 15 is 0 Å². The van der Waals surface area contributed by atoms with Gasteiger partial charge in [-0.25, -0.2) is 0 Å². The molecule has 2 heterocycles. The van der Waals surface area contributed by atoms with Crippen LogP contribution < -0.4 is 9.64 Å². The fourth-order valence-corrected chi connectivity index (χ4v) is 4.80. The van der Waals surface area contributed by atoms with Gasteiger partial charge < -0.3 is 9.64 Å². The first-order valence-corrected chi connectivity index (χ1v) is 10.4. The smallest absolute Gasteiger partial charge is 0.273 e. The summed E-state index contributed by atoms with van der Waals surface area (Å²) in [6, 6.07) is 19.6. The van der Waals surface area contributed by atoms with Crippen LogP contribution in [-0.4, -0.2) is 23.5 Å². The zero-order valence-electron chi connectivity index (χ0n) is 18.0. The summed E-state index contributed by atoms with van der Waals surface area (Å²) in [6.45, 7) is 4.14. The van der Waals surface area contributed by atoms with E-state index in [2.05, 4.69) is 13.8 Å². The Kier molecular flexibility index (Phi) is 4.24. The van der Waals surface area contributed by atoms with Gasteiger partial charge in [-0.3, -0.25) is 14.9 Å². The lowest BCUT2D eigenvalue weighted by Gasteiger charge is -2.45. The van der Waals surface area contributed by atoms with Gasteiger partial charge in [0.25, 0.3) is 5.69 Å². The number of carbonyl (C=O) groups excluding carboxylic acids is 1. The standard InChI is InChI=1S/C26H22N2O4/c1-25(2)21-15-19(24(29)18-7-5-4-6-8-18)10-12-22(21)27(3)26(25)14-13-17-9-11-20(28(30)31)16-23(17)32-26/h4-16H,1-3H3. The number of hydrogen-bond donors (Lipinski definition) is 0. The minimum atomic E-state index is -0.883. The first-order valence-electron chi connectivity index (χ1n) is 10.4. The summed E-state index contributed by atoms with van der Waals surface area (Å²) in [5, 5.41) is 11.3. The van der Waals surface area contributed by atoms with Gasteiger partial charge in [0.1, 0.15) is 5.75 Å². The van der Waals surface area contributed by atoms with Crippen LogP contribution in [-0.2, 0) is 5.41 Å². The molecule has 3 aromatic rings. The second-order valence-electron chi connectivity index (χ2n) is 8.72. The van der Waals surface area contributed by atoms with E-state index in [0.29, 0.717) is 16.9 Å². The van der Waals surface area contributed by atoms with Crippen LogP contribution in [0.3, 0.4) is 0 Å². The van der Waals surface area contributed by atoms with Crippen molar-refractivity contribution in [3.05, 3.63) is 105 Å². The average molecular weight is 426 g/mol. The van der Waals surface area contributed by atoms with Crippen LogP contribution in [0.15, 0.2) is 72.8 Å². The van der Waals surface area contributed by atoms with Crippen LogP contribution >= 0.6 is 0 Å². The zero-order valence-corrected chi connectivity index (χ0v) is 18.0. The predicted molar refractivity (Wildman–Crippen MR) is 123 cm³/mol. The lowest BCUT2D eigenvalue weighted by Crippen LogP contribution is -2.58. The van der Waals surface area contributed by atoms with Gasteiger partial charge in [-0.2, -0.15) is 0 Å². The van der Waals surface area contributed by atoms with Crippen LogP contribution in [0.1, 0.15) is 40.9 Å². The monoisotopic (exact) mass is 426 g/mol. The molecule has 0 N–H and O–H groups in total. The maximum Gasteiger partial charge on any atom is 0.273 e. The van der Waals surface area contributed by atoms with Crippen molar-refractivity contribution in [1.29, 1.82) is 0 Å². The summed E-state index contributed by atoms with van der Waals surface area (Å²) in [6.07, 6.45) is 3.95. The third kappa shape index (κ3) is 2.69. The lowest BCUT2D eigenvalue weighted by molar-refractivity contribution is -0.385. The summed E-state index contributed by atoms with van der Waals surface area (Å²) < 4.78 is 6.52. The number of nitrogens with zero attached hydrogens (tertiary/aromatic N) is 2. The molecule has 0 saturated carbocycles. The van der Waals surface area contributed by atoms with Gasteiger partial charge in [-0.1, -0.05) is 30.3 Å². The number of non-ortho nitro benzene ring substituents is 1. The molecule has 0 saturated heterocycles. The van der Waals surface area contributed by atoms with Crippen molar-refractivity contribution in [2.45, 2.75) is 25.0 Å². The molecule has 5 rings (SSSR count). The van der Waals surface area contributed by atoms with E-state index in [1.54, 1.807) is 6.07 Å². The molecular weight excluding hydrogens is 404 g/mol. The average Bonchev–Trinajstić information content (AvgIpc) is 2.96. The van der Waals surface area contributed by atoms with Crippen LogP contribution in [0.4, 0.5) is 11.4 Å². The molecule has 0 fully saturated rings. The van der Waals surface area contributed by atoms with Crippen molar-refractivity contribution in [3.63, 3.8) is 0 Å². The van der Waals surface area contributed by atoms with E-state index < -0.39 is 16.1 Å². The molecule has 3 aromatic carbocycles. The molecule has 0 radical (unpaired) electrons. The summed E-state index contributed by atoms with van der Waals surface area (Å²) in [4.78, 5) is 25.9. The van der Waals surface area contributed by atoms with Crippen molar-refractivity contribution in [2.24, 2.45) is 0 Å². The Morgan fingerprint density at radius 1 is 1.00 bits per heavy atom. The van der Waals surface area contributed by atoms with E-state index in [1.165, 1.54) is 12.1 Å². The third-order valence-corrected chi connectivity index (χ3v) is 6.69. The molecule has 0 amide bonds. The predicted octanol–water partition coefficient (Wildman–Crippen LogP) is 5.36. The zero-order chi connectivity index (χ0) is 22.7. The molecule has 2 aliphatic heterocycles. The number of carbonyl (C=O) groups is 1. The minimum Gasteiger partial charge on any atom is -0.463 e. The largest absolute Gasteiger partial charge is 0.463 e. The number of benzene rings is 3. The molecule has 32 heavy (non-hydrogen) atoms. The van der Waals surface area contributed by atoms with Crippen LogP contribution in [0.25, 0.3) is 6.08 Å². The third-order valence-electron chi connectivity index (χ3n) is 6.69. The summed E-state index contributed by atoms with van der Waals surface area (Å²) in [5.41, 5.74) is 2.56. The number of hydrogen-bond acceptors (Lipinski definition) is 5. The number of likely N-dealkylation sites (N-methyl/N-ethyl adjacent to an activating group) is 1. The van der Waals surface area contributed by atoms with Gasteiger partial charge in [0.15, 0.2) is 5.78 Å². The number of fused-ring (bicyclic) bond motifs is 2. The van der Waals surface area contributed by atoms with Crippen LogP contribution in [0, 0.1) is 10.1 Å².